The van der Waals surface area contributed by atoms with Gasteiger partial charge < -0.3 is 4.74 Å². The Hall–Kier alpha value is -1.58. The Balaban J connectivity index is 2.75. The fraction of sp³-hybridized carbons (Fsp3) is 0.333. The Kier molecular flexibility index (Phi) is 1.69. The van der Waals surface area contributed by atoms with Crippen molar-refractivity contribution in [1.29, 1.82) is 0 Å². The van der Waals surface area contributed by atoms with Crippen LogP contribution >= 0.6 is 0 Å². The van der Waals surface area contributed by atoms with E-state index < -0.39 is 0 Å². The molecule has 0 saturated heterocycles. The molecule has 0 saturated carbocycles. The van der Waals surface area contributed by atoms with E-state index in [0.717, 1.165) is 16.9 Å². The fourth-order valence-corrected chi connectivity index (χ4v) is 1.37. The van der Waals surface area contributed by atoms with Crippen molar-refractivity contribution in [2.24, 2.45) is 0 Å². The molecule has 0 aliphatic heterocycles. The molecule has 0 amide bonds. The van der Waals surface area contributed by atoms with Crippen molar-refractivity contribution >= 4 is 5.52 Å². The van der Waals surface area contributed by atoms with Crippen LogP contribution in [-0.2, 0) is 0 Å². The van der Waals surface area contributed by atoms with Crippen LogP contribution in [0.4, 0.5) is 0 Å². The highest BCUT2D eigenvalue weighted by molar-refractivity contribution is 5.53. The summed E-state index contributed by atoms with van der Waals surface area (Å²) in [6.07, 6.45) is 1.88. The van der Waals surface area contributed by atoms with Crippen molar-refractivity contribution in [3.63, 3.8) is 0 Å². The summed E-state index contributed by atoms with van der Waals surface area (Å²) in [7, 11) is 1.61. The van der Waals surface area contributed by atoms with E-state index in [1.807, 2.05) is 26.1 Å². The topological polar surface area (TPSA) is 39.4 Å². The van der Waals surface area contributed by atoms with E-state index in [2.05, 4.69) is 10.1 Å². The van der Waals surface area contributed by atoms with Crippen molar-refractivity contribution < 1.29 is 4.74 Å². The minimum absolute atomic E-state index is 0.621. The lowest BCUT2D eigenvalue weighted by Gasteiger charge is -1.97. The van der Waals surface area contributed by atoms with Crippen molar-refractivity contribution in [3.05, 3.63) is 23.7 Å². The van der Waals surface area contributed by atoms with Gasteiger partial charge in [0, 0.05) is 6.07 Å². The van der Waals surface area contributed by atoms with Gasteiger partial charge in [-0.25, -0.2) is 4.52 Å². The monoisotopic (exact) mass is 177 g/mol. The highest BCUT2D eigenvalue weighted by atomic mass is 16.5. The molecule has 4 heteroatoms. The first kappa shape index (κ1) is 8.04. The quantitative estimate of drug-likeness (QED) is 0.660. The summed E-state index contributed by atoms with van der Waals surface area (Å²) >= 11 is 0. The maximum absolute atomic E-state index is 5.03. The molecule has 2 aromatic rings. The lowest BCUT2D eigenvalue weighted by atomic mass is 10.3. The van der Waals surface area contributed by atoms with E-state index in [-0.39, 0.29) is 0 Å². The average molecular weight is 177 g/mol. The molecule has 2 heterocycles. The van der Waals surface area contributed by atoms with Gasteiger partial charge in [0.05, 0.1) is 30.2 Å². The van der Waals surface area contributed by atoms with Crippen LogP contribution in [0.2, 0.25) is 0 Å². The number of rotatable bonds is 1. The molecule has 0 aromatic carbocycles. The molecule has 4 nitrogen and oxygen atoms in total. The number of hydrogen-bond acceptors (Lipinski definition) is 3. The summed E-state index contributed by atoms with van der Waals surface area (Å²) in [4.78, 5) is 4.33. The zero-order valence-electron chi connectivity index (χ0n) is 7.90. The smallest absolute Gasteiger partial charge is 0.233 e. The molecule has 0 aliphatic rings. The minimum atomic E-state index is 0.621. The molecule has 0 spiro atoms. The lowest BCUT2D eigenvalue weighted by Crippen LogP contribution is -1.95. The molecule has 2 aromatic heterocycles. The number of ether oxygens (including phenoxy) is 1. The van der Waals surface area contributed by atoms with Gasteiger partial charge in [-0.1, -0.05) is 0 Å². The van der Waals surface area contributed by atoms with Gasteiger partial charge in [-0.3, -0.25) is 4.98 Å². The highest BCUT2D eigenvalue weighted by Gasteiger charge is 2.04. The van der Waals surface area contributed by atoms with E-state index in [1.54, 1.807) is 11.6 Å². The van der Waals surface area contributed by atoms with Crippen molar-refractivity contribution in [2.45, 2.75) is 13.8 Å². The van der Waals surface area contributed by atoms with Gasteiger partial charge >= 0.3 is 0 Å². The Labute approximate surface area is 76.2 Å². The third-order valence-electron chi connectivity index (χ3n) is 1.95. The summed E-state index contributed by atoms with van der Waals surface area (Å²) in [5.74, 6) is 0.621. The van der Waals surface area contributed by atoms with Gasteiger partial charge in [-0.05, 0) is 13.8 Å². The molecule has 0 radical (unpaired) electrons. The van der Waals surface area contributed by atoms with Crippen LogP contribution in [0, 0.1) is 13.8 Å². The van der Waals surface area contributed by atoms with E-state index in [9.17, 15) is 0 Å². The van der Waals surface area contributed by atoms with Crippen LogP contribution in [0.5, 0.6) is 5.88 Å². The first-order valence-corrected chi connectivity index (χ1v) is 4.08. The van der Waals surface area contributed by atoms with Crippen molar-refractivity contribution in [1.82, 2.24) is 14.6 Å². The summed E-state index contributed by atoms with van der Waals surface area (Å²) in [5, 5.41) is 4.21. The first-order valence-electron chi connectivity index (χ1n) is 4.08. The summed E-state index contributed by atoms with van der Waals surface area (Å²) < 4.78 is 6.82. The van der Waals surface area contributed by atoms with Gasteiger partial charge in [0.1, 0.15) is 0 Å². The Bertz CT molecular complexity index is 447. The van der Waals surface area contributed by atoms with Crippen LogP contribution < -0.4 is 4.74 Å². The number of methoxy groups -OCH3 is 1. The largest absolute Gasteiger partial charge is 0.480 e. The number of hydrogen-bond donors (Lipinski definition) is 0. The Morgan fingerprint density at radius 1 is 1.38 bits per heavy atom. The molecule has 0 bridgehead atoms. The second kappa shape index (κ2) is 2.73. The van der Waals surface area contributed by atoms with Crippen LogP contribution in [0.25, 0.3) is 5.52 Å². The van der Waals surface area contributed by atoms with Gasteiger partial charge in [-0.15, -0.1) is 5.10 Å². The Morgan fingerprint density at radius 3 is 2.85 bits per heavy atom. The van der Waals surface area contributed by atoms with E-state index >= 15 is 0 Å². The van der Waals surface area contributed by atoms with Crippen LogP contribution in [0.15, 0.2) is 12.3 Å². The number of nitrogens with zero attached hydrogens (tertiary/aromatic N) is 3. The van der Waals surface area contributed by atoms with Gasteiger partial charge in [0.15, 0.2) is 0 Å². The Morgan fingerprint density at radius 2 is 2.15 bits per heavy atom. The molecule has 0 N–H and O–H groups in total. The third kappa shape index (κ3) is 1.24. The second-order valence-corrected chi connectivity index (χ2v) is 2.98. The normalized spacial score (nSPS) is 10.7. The lowest BCUT2D eigenvalue weighted by molar-refractivity contribution is 0.395. The number of aromatic nitrogens is 3. The van der Waals surface area contributed by atoms with Gasteiger partial charge in [0.2, 0.25) is 5.88 Å². The summed E-state index contributed by atoms with van der Waals surface area (Å²) in [5.41, 5.74) is 2.91. The van der Waals surface area contributed by atoms with Crippen molar-refractivity contribution in [3.8, 4) is 5.88 Å². The van der Waals surface area contributed by atoms with Gasteiger partial charge in [-0.2, -0.15) is 0 Å². The molecule has 13 heavy (non-hydrogen) atoms. The molecular weight excluding hydrogens is 166 g/mol. The van der Waals surface area contributed by atoms with Gasteiger partial charge in [0.25, 0.3) is 0 Å². The summed E-state index contributed by atoms with van der Waals surface area (Å²) in [6.45, 7) is 3.91. The van der Waals surface area contributed by atoms with Crippen molar-refractivity contribution in [2.75, 3.05) is 7.11 Å². The maximum atomic E-state index is 5.03. The maximum Gasteiger partial charge on any atom is 0.233 e. The van der Waals surface area contributed by atoms with Crippen LogP contribution in [0.3, 0.4) is 0 Å². The van der Waals surface area contributed by atoms with E-state index in [1.165, 1.54) is 0 Å². The fourth-order valence-electron chi connectivity index (χ4n) is 1.37. The first-order chi connectivity index (χ1) is 6.20. The molecule has 0 aliphatic carbocycles. The summed E-state index contributed by atoms with van der Waals surface area (Å²) in [6, 6.07) is 1.88. The highest BCUT2D eigenvalue weighted by Crippen LogP contribution is 2.15. The number of aryl methyl sites for hydroxylation is 2. The zero-order chi connectivity index (χ0) is 9.42. The molecule has 0 fully saturated rings. The molecular formula is C9H11N3O. The molecule has 0 atom stereocenters. The SMILES string of the molecule is COc1cc2c(C)nc(C)cn2n1. The second-order valence-electron chi connectivity index (χ2n) is 2.98. The predicted octanol–water partition coefficient (Wildman–Crippen LogP) is 1.35. The van der Waals surface area contributed by atoms with E-state index in [0.29, 0.717) is 5.88 Å². The number of fused-ring (bicyclic) bond motifs is 1. The minimum Gasteiger partial charge on any atom is -0.480 e. The predicted molar refractivity (Wildman–Crippen MR) is 49.0 cm³/mol. The zero-order valence-corrected chi connectivity index (χ0v) is 7.90. The molecule has 0 unspecified atom stereocenters. The standard InChI is InChI=1S/C9H11N3O/c1-6-5-12-8(7(2)10-6)4-9(11-12)13-3/h4-5H,1-3H3. The average Bonchev–Trinajstić information content (AvgIpc) is 2.47. The van der Waals surface area contributed by atoms with Crippen LogP contribution in [-0.4, -0.2) is 21.7 Å². The van der Waals surface area contributed by atoms with Crippen LogP contribution in [0.1, 0.15) is 11.4 Å². The molecule has 68 valence electrons. The molecule has 2 rings (SSSR count). The van der Waals surface area contributed by atoms with E-state index in [4.69, 9.17) is 4.74 Å². The third-order valence-corrected chi connectivity index (χ3v) is 1.95.